The molecule has 0 amide bonds. The van der Waals surface area contributed by atoms with E-state index in [9.17, 15) is 10.1 Å². The van der Waals surface area contributed by atoms with Crippen LogP contribution >= 0.6 is 11.8 Å². The third-order valence-corrected chi connectivity index (χ3v) is 3.88. The molecule has 0 radical (unpaired) electrons. The number of hydrogen-bond acceptors (Lipinski definition) is 5. The van der Waals surface area contributed by atoms with Gasteiger partial charge in [0.1, 0.15) is 5.54 Å². The summed E-state index contributed by atoms with van der Waals surface area (Å²) in [7, 11) is 0. The van der Waals surface area contributed by atoms with Gasteiger partial charge < -0.3 is 4.98 Å². The SMILES string of the molecule is Cc1cc(=O)[nH]c(SCC(C)(C#N)NC2CC2)n1. The van der Waals surface area contributed by atoms with Gasteiger partial charge in [-0.3, -0.25) is 10.1 Å². The molecular formula is C12H16N4OS. The number of rotatable bonds is 5. The lowest BCUT2D eigenvalue weighted by atomic mass is 10.1. The second-order valence-electron chi connectivity index (χ2n) is 4.84. The molecule has 0 aliphatic heterocycles. The first-order valence-electron chi connectivity index (χ1n) is 5.90. The molecule has 1 fully saturated rings. The molecule has 1 atom stereocenters. The van der Waals surface area contributed by atoms with Crippen LogP contribution in [0.25, 0.3) is 0 Å². The van der Waals surface area contributed by atoms with Gasteiger partial charge in [0, 0.05) is 23.6 Å². The summed E-state index contributed by atoms with van der Waals surface area (Å²) in [4.78, 5) is 18.2. The van der Waals surface area contributed by atoms with Crippen molar-refractivity contribution in [2.45, 2.75) is 43.4 Å². The minimum absolute atomic E-state index is 0.154. The molecule has 0 aromatic carbocycles. The highest BCUT2D eigenvalue weighted by molar-refractivity contribution is 7.99. The zero-order chi connectivity index (χ0) is 13.2. The molecule has 1 heterocycles. The van der Waals surface area contributed by atoms with E-state index in [0.717, 1.165) is 12.8 Å². The van der Waals surface area contributed by atoms with E-state index in [4.69, 9.17) is 0 Å². The van der Waals surface area contributed by atoms with Gasteiger partial charge in [0.15, 0.2) is 5.16 Å². The number of hydrogen-bond donors (Lipinski definition) is 2. The summed E-state index contributed by atoms with van der Waals surface area (Å²) in [5.74, 6) is 0.562. The number of H-pyrrole nitrogens is 1. The molecule has 1 aromatic heterocycles. The zero-order valence-corrected chi connectivity index (χ0v) is 11.3. The number of nitrogens with zero attached hydrogens (tertiary/aromatic N) is 2. The Morgan fingerprint density at radius 2 is 2.44 bits per heavy atom. The smallest absolute Gasteiger partial charge is 0.251 e. The zero-order valence-electron chi connectivity index (χ0n) is 10.5. The van der Waals surface area contributed by atoms with Gasteiger partial charge in [0.2, 0.25) is 0 Å². The Bertz CT molecular complexity index is 532. The lowest BCUT2D eigenvalue weighted by Gasteiger charge is -2.22. The van der Waals surface area contributed by atoms with Crippen LogP contribution in [0, 0.1) is 18.3 Å². The quantitative estimate of drug-likeness (QED) is 0.617. The number of thioether (sulfide) groups is 1. The monoisotopic (exact) mass is 264 g/mol. The van der Waals surface area contributed by atoms with Gasteiger partial charge >= 0.3 is 0 Å². The van der Waals surface area contributed by atoms with E-state index < -0.39 is 5.54 Å². The van der Waals surface area contributed by atoms with Gasteiger partial charge in [-0.15, -0.1) is 0 Å². The maximum absolute atomic E-state index is 11.3. The Morgan fingerprint density at radius 1 is 1.72 bits per heavy atom. The molecule has 1 unspecified atom stereocenters. The molecule has 0 saturated heterocycles. The largest absolute Gasteiger partial charge is 0.301 e. The van der Waals surface area contributed by atoms with E-state index in [0.29, 0.717) is 22.6 Å². The van der Waals surface area contributed by atoms with Crippen molar-refractivity contribution in [2.24, 2.45) is 0 Å². The third-order valence-electron chi connectivity index (χ3n) is 2.69. The second kappa shape index (κ2) is 5.12. The molecule has 96 valence electrons. The van der Waals surface area contributed by atoms with Crippen molar-refractivity contribution in [3.63, 3.8) is 0 Å². The summed E-state index contributed by atoms with van der Waals surface area (Å²) in [5.41, 5.74) is -0.0393. The van der Waals surface area contributed by atoms with Crippen LogP contribution in [0.15, 0.2) is 16.0 Å². The van der Waals surface area contributed by atoms with Crippen molar-refractivity contribution >= 4 is 11.8 Å². The normalized spacial score (nSPS) is 18.1. The van der Waals surface area contributed by atoms with E-state index in [1.165, 1.54) is 17.8 Å². The van der Waals surface area contributed by atoms with Crippen LogP contribution in [0.2, 0.25) is 0 Å². The fourth-order valence-electron chi connectivity index (χ4n) is 1.62. The fourth-order valence-corrected chi connectivity index (χ4v) is 2.57. The summed E-state index contributed by atoms with van der Waals surface area (Å²) in [6.07, 6.45) is 2.28. The Labute approximate surface area is 110 Å². The molecule has 6 heteroatoms. The summed E-state index contributed by atoms with van der Waals surface area (Å²) >= 11 is 1.40. The topological polar surface area (TPSA) is 81.6 Å². The Hall–Kier alpha value is -1.32. The summed E-state index contributed by atoms with van der Waals surface area (Å²) in [5, 5.41) is 13.1. The van der Waals surface area contributed by atoms with Gasteiger partial charge in [-0.2, -0.15) is 5.26 Å². The van der Waals surface area contributed by atoms with E-state index in [2.05, 4.69) is 21.4 Å². The molecule has 0 bridgehead atoms. The number of aromatic amines is 1. The lowest BCUT2D eigenvalue weighted by Crippen LogP contribution is -2.44. The van der Waals surface area contributed by atoms with Crippen LogP contribution in [-0.4, -0.2) is 27.3 Å². The number of aromatic nitrogens is 2. The average molecular weight is 264 g/mol. The predicted octanol–water partition coefficient (Wildman–Crippen LogP) is 1.20. The number of aryl methyl sites for hydroxylation is 1. The van der Waals surface area contributed by atoms with Crippen LogP contribution in [0.1, 0.15) is 25.5 Å². The summed E-state index contributed by atoms with van der Waals surface area (Å²) in [6, 6.07) is 4.22. The molecule has 0 spiro atoms. The molecule has 2 N–H and O–H groups in total. The van der Waals surface area contributed by atoms with Crippen LogP contribution in [0.5, 0.6) is 0 Å². The summed E-state index contributed by atoms with van der Waals surface area (Å²) < 4.78 is 0. The highest BCUT2D eigenvalue weighted by Gasteiger charge is 2.32. The predicted molar refractivity (Wildman–Crippen MR) is 70.5 cm³/mol. The Morgan fingerprint density at radius 3 is 3.00 bits per heavy atom. The van der Waals surface area contributed by atoms with E-state index in [-0.39, 0.29) is 5.56 Å². The van der Waals surface area contributed by atoms with E-state index in [1.807, 2.05) is 6.92 Å². The number of nitriles is 1. The van der Waals surface area contributed by atoms with Crippen LogP contribution < -0.4 is 10.9 Å². The minimum atomic E-state index is -0.575. The van der Waals surface area contributed by atoms with Crippen molar-refractivity contribution in [3.05, 3.63) is 22.1 Å². The van der Waals surface area contributed by atoms with Gasteiger partial charge in [-0.05, 0) is 26.7 Å². The first kappa shape index (κ1) is 13.1. The molecule has 18 heavy (non-hydrogen) atoms. The first-order valence-corrected chi connectivity index (χ1v) is 6.89. The standard InChI is InChI=1S/C12H16N4OS/c1-8-5-10(17)15-11(14-8)18-7-12(2,6-13)16-9-3-4-9/h5,9,16H,3-4,7H2,1-2H3,(H,14,15,17). The molecule has 2 rings (SSSR count). The molecule has 5 nitrogen and oxygen atoms in total. The summed E-state index contributed by atoms with van der Waals surface area (Å²) in [6.45, 7) is 3.66. The van der Waals surface area contributed by atoms with Crippen LogP contribution in [0.3, 0.4) is 0 Å². The third kappa shape index (κ3) is 3.59. The van der Waals surface area contributed by atoms with Gasteiger partial charge in [0.05, 0.1) is 6.07 Å². The second-order valence-corrected chi connectivity index (χ2v) is 5.81. The Kier molecular flexibility index (Phi) is 3.73. The van der Waals surface area contributed by atoms with Gasteiger partial charge in [0.25, 0.3) is 5.56 Å². The van der Waals surface area contributed by atoms with E-state index >= 15 is 0 Å². The first-order chi connectivity index (χ1) is 8.50. The molecule has 1 aliphatic rings. The average Bonchev–Trinajstić information content (AvgIpc) is 3.09. The maximum atomic E-state index is 11.3. The number of nitrogens with one attached hydrogen (secondary N) is 2. The van der Waals surface area contributed by atoms with E-state index in [1.54, 1.807) is 6.92 Å². The highest BCUT2D eigenvalue weighted by atomic mass is 32.2. The van der Waals surface area contributed by atoms with Crippen molar-refractivity contribution in [1.82, 2.24) is 15.3 Å². The Balaban J connectivity index is 2.00. The van der Waals surface area contributed by atoms with Gasteiger partial charge in [-0.1, -0.05) is 11.8 Å². The minimum Gasteiger partial charge on any atom is -0.301 e. The van der Waals surface area contributed by atoms with Crippen molar-refractivity contribution in [1.29, 1.82) is 5.26 Å². The van der Waals surface area contributed by atoms with Crippen molar-refractivity contribution in [3.8, 4) is 6.07 Å². The van der Waals surface area contributed by atoms with Crippen molar-refractivity contribution in [2.75, 3.05) is 5.75 Å². The van der Waals surface area contributed by atoms with Crippen LogP contribution in [0.4, 0.5) is 0 Å². The van der Waals surface area contributed by atoms with Crippen LogP contribution in [-0.2, 0) is 0 Å². The van der Waals surface area contributed by atoms with Gasteiger partial charge in [-0.25, -0.2) is 4.98 Å². The molecular weight excluding hydrogens is 248 g/mol. The molecule has 1 aliphatic carbocycles. The lowest BCUT2D eigenvalue weighted by molar-refractivity contribution is 0.490. The highest BCUT2D eigenvalue weighted by Crippen LogP contribution is 2.25. The molecule has 1 aromatic rings. The fraction of sp³-hybridized carbons (Fsp3) is 0.583. The molecule has 1 saturated carbocycles. The maximum Gasteiger partial charge on any atom is 0.251 e. The van der Waals surface area contributed by atoms with Crippen molar-refractivity contribution < 1.29 is 0 Å².